The van der Waals surface area contributed by atoms with Gasteiger partial charge in [0.2, 0.25) is 0 Å². The minimum absolute atomic E-state index is 0.106. The molecule has 0 aliphatic heterocycles. The topological polar surface area (TPSA) is 67.2 Å². The van der Waals surface area contributed by atoms with E-state index in [-0.39, 0.29) is 12.5 Å². The molecule has 5 heteroatoms. The fraction of sp³-hybridized carbons (Fsp3) is 0.714. The highest BCUT2D eigenvalue weighted by molar-refractivity contribution is 5.92. The van der Waals surface area contributed by atoms with E-state index in [9.17, 15) is 9.90 Å². The normalized spacial score (nSPS) is 11.9. The number of aromatic nitrogens is 2. The Labute approximate surface area is 115 Å². The van der Waals surface area contributed by atoms with Crippen molar-refractivity contribution >= 4 is 5.91 Å². The SMILES string of the molecule is CCC(CC)n1nc(C(=O)NC(C)(C)CO)cc1C. The predicted octanol–water partition coefficient (Wildman–Crippen LogP) is 2.05. The molecule has 108 valence electrons. The lowest BCUT2D eigenvalue weighted by molar-refractivity contribution is 0.0863. The highest BCUT2D eigenvalue weighted by atomic mass is 16.3. The fourth-order valence-corrected chi connectivity index (χ4v) is 2.01. The van der Waals surface area contributed by atoms with Gasteiger partial charge in [0.05, 0.1) is 18.2 Å². The number of carbonyl (C=O) groups is 1. The first kappa shape index (κ1) is 15.7. The summed E-state index contributed by atoms with van der Waals surface area (Å²) in [6.07, 6.45) is 1.98. The van der Waals surface area contributed by atoms with Crippen LogP contribution >= 0.6 is 0 Å². The molecule has 1 amide bonds. The van der Waals surface area contributed by atoms with Crippen LogP contribution in [-0.2, 0) is 0 Å². The van der Waals surface area contributed by atoms with Gasteiger partial charge < -0.3 is 10.4 Å². The average Bonchev–Trinajstić information content (AvgIpc) is 2.73. The summed E-state index contributed by atoms with van der Waals surface area (Å²) in [5.74, 6) is -0.244. The van der Waals surface area contributed by atoms with E-state index in [2.05, 4.69) is 24.3 Å². The summed E-state index contributed by atoms with van der Waals surface area (Å²) in [7, 11) is 0. The maximum atomic E-state index is 12.1. The molecular formula is C14H25N3O2. The fourth-order valence-electron chi connectivity index (χ4n) is 2.01. The Morgan fingerprint density at radius 1 is 1.47 bits per heavy atom. The second-order valence-electron chi connectivity index (χ2n) is 5.58. The van der Waals surface area contributed by atoms with Crippen LogP contribution < -0.4 is 5.32 Å². The first-order chi connectivity index (χ1) is 8.84. The molecule has 0 atom stereocenters. The van der Waals surface area contributed by atoms with Crippen LogP contribution in [0.3, 0.4) is 0 Å². The van der Waals surface area contributed by atoms with Crippen LogP contribution in [0.15, 0.2) is 6.07 Å². The molecule has 19 heavy (non-hydrogen) atoms. The highest BCUT2D eigenvalue weighted by Crippen LogP contribution is 2.18. The second-order valence-corrected chi connectivity index (χ2v) is 5.58. The van der Waals surface area contributed by atoms with E-state index < -0.39 is 5.54 Å². The number of aliphatic hydroxyl groups excluding tert-OH is 1. The zero-order valence-electron chi connectivity index (χ0n) is 12.5. The molecule has 0 bridgehead atoms. The number of hydrogen-bond acceptors (Lipinski definition) is 3. The van der Waals surface area contributed by atoms with Gasteiger partial charge in [-0.15, -0.1) is 0 Å². The van der Waals surface area contributed by atoms with E-state index in [1.165, 1.54) is 0 Å². The molecule has 0 radical (unpaired) electrons. The predicted molar refractivity (Wildman–Crippen MR) is 75.2 cm³/mol. The van der Waals surface area contributed by atoms with Crippen LogP contribution in [-0.4, -0.2) is 32.9 Å². The minimum atomic E-state index is -0.635. The third-order valence-electron chi connectivity index (χ3n) is 3.29. The Morgan fingerprint density at radius 3 is 2.53 bits per heavy atom. The number of hydrogen-bond donors (Lipinski definition) is 2. The molecule has 5 nitrogen and oxygen atoms in total. The summed E-state index contributed by atoms with van der Waals surface area (Å²) in [5, 5.41) is 16.3. The molecule has 0 saturated heterocycles. The Balaban J connectivity index is 2.92. The number of nitrogens with zero attached hydrogens (tertiary/aromatic N) is 2. The monoisotopic (exact) mass is 267 g/mol. The Bertz CT molecular complexity index is 434. The van der Waals surface area contributed by atoms with Gasteiger partial charge in [-0.1, -0.05) is 13.8 Å². The molecule has 0 unspecified atom stereocenters. The zero-order valence-corrected chi connectivity index (χ0v) is 12.5. The lowest BCUT2D eigenvalue weighted by Crippen LogP contribution is -2.46. The van der Waals surface area contributed by atoms with Gasteiger partial charge >= 0.3 is 0 Å². The molecule has 2 N–H and O–H groups in total. The summed E-state index contributed by atoms with van der Waals surface area (Å²) >= 11 is 0. The van der Waals surface area contributed by atoms with Crippen LogP contribution in [0.2, 0.25) is 0 Å². The Kier molecular flexibility index (Phi) is 5.11. The van der Waals surface area contributed by atoms with Crippen molar-refractivity contribution in [3.05, 3.63) is 17.5 Å². The lowest BCUT2D eigenvalue weighted by Gasteiger charge is -2.22. The van der Waals surface area contributed by atoms with E-state index in [0.717, 1.165) is 18.5 Å². The quantitative estimate of drug-likeness (QED) is 0.829. The zero-order chi connectivity index (χ0) is 14.6. The Morgan fingerprint density at radius 2 is 2.05 bits per heavy atom. The number of amides is 1. The summed E-state index contributed by atoms with van der Waals surface area (Å²) in [6, 6.07) is 2.12. The summed E-state index contributed by atoms with van der Waals surface area (Å²) in [5.41, 5.74) is 0.760. The van der Waals surface area contributed by atoms with Crippen LogP contribution in [0.25, 0.3) is 0 Å². The van der Waals surface area contributed by atoms with Gasteiger partial charge in [-0.25, -0.2) is 0 Å². The van der Waals surface area contributed by atoms with Crippen molar-refractivity contribution in [2.24, 2.45) is 0 Å². The van der Waals surface area contributed by atoms with Crippen LogP contribution in [0, 0.1) is 6.92 Å². The van der Waals surface area contributed by atoms with Crippen LogP contribution in [0.4, 0.5) is 0 Å². The molecule has 1 aromatic heterocycles. The van der Waals surface area contributed by atoms with Crippen LogP contribution in [0.5, 0.6) is 0 Å². The standard InChI is InChI=1S/C14H25N3O2/c1-6-11(7-2)17-10(3)8-12(16-17)13(19)15-14(4,5)9-18/h8,11,18H,6-7,9H2,1-5H3,(H,15,19). The number of nitrogens with one attached hydrogen (secondary N) is 1. The van der Waals surface area contributed by atoms with Gasteiger partial charge in [0, 0.05) is 5.69 Å². The van der Waals surface area contributed by atoms with Crippen molar-refractivity contribution in [1.82, 2.24) is 15.1 Å². The van der Waals surface area contributed by atoms with Gasteiger partial charge in [0.1, 0.15) is 5.69 Å². The maximum absolute atomic E-state index is 12.1. The van der Waals surface area contributed by atoms with Gasteiger partial charge in [-0.3, -0.25) is 9.48 Å². The average molecular weight is 267 g/mol. The van der Waals surface area contributed by atoms with Gasteiger partial charge in [-0.05, 0) is 39.7 Å². The molecular weight excluding hydrogens is 242 g/mol. The molecule has 0 aromatic carbocycles. The van der Waals surface area contributed by atoms with Crippen molar-refractivity contribution in [3.8, 4) is 0 Å². The first-order valence-electron chi connectivity index (χ1n) is 6.84. The molecule has 0 saturated carbocycles. The summed E-state index contributed by atoms with van der Waals surface area (Å²) < 4.78 is 1.92. The van der Waals surface area contributed by atoms with Gasteiger partial charge in [0.15, 0.2) is 0 Å². The van der Waals surface area contributed by atoms with E-state index in [0.29, 0.717) is 11.7 Å². The third kappa shape index (κ3) is 3.80. The largest absolute Gasteiger partial charge is 0.394 e. The van der Waals surface area contributed by atoms with E-state index in [4.69, 9.17) is 0 Å². The van der Waals surface area contributed by atoms with E-state index >= 15 is 0 Å². The van der Waals surface area contributed by atoms with E-state index in [1.807, 2.05) is 11.6 Å². The Hall–Kier alpha value is -1.36. The first-order valence-corrected chi connectivity index (χ1v) is 6.84. The minimum Gasteiger partial charge on any atom is -0.394 e. The molecule has 0 aliphatic rings. The van der Waals surface area contributed by atoms with Gasteiger partial charge in [-0.2, -0.15) is 5.10 Å². The molecule has 0 aliphatic carbocycles. The summed E-state index contributed by atoms with van der Waals surface area (Å²) in [6.45, 7) is 9.63. The lowest BCUT2D eigenvalue weighted by atomic mass is 10.1. The molecule has 1 heterocycles. The molecule has 1 rings (SSSR count). The maximum Gasteiger partial charge on any atom is 0.272 e. The van der Waals surface area contributed by atoms with Crippen LogP contribution in [0.1, 0.15) is 62.8 Å². The number of aliphatic hydroxyl groups is 1. The summed E-state index contributed by atoms with van der Waals surface area (Å²) in [4.78, 5) is 12.1. The van der Waals surface area contributed by atoms with Gasteiger partial charge in [0.25, 0.3) is 5.91 Å². The highest BCUT2D eigenvalue weighted by Gasteiger charge is 2.23. The van der Waals surface area contributed by atoms with Crippen molar-refractivity contribution < 1.29 is 9.90 Å². The smallest absolute Gasteiger partial charge is 0.272 e. The number of carbonyl (C=O) groups excluding carboxylic acids is 1. The molecule has 0 spiro atoms. The number of rotatable bonds is 6. The van der Waals surface area contributed by atoms with Crippen molar-refractivity contribution in [2.75, 3.05) is 6.61 Å². The van der Waals surface area contributed by atoms with Crippen molar-refractivity contribution in [3.63, 3.8) is 0 Å². The number of aryl methyl sites for hydroxylation is 1. The van der Waals surface area contributed by atoms with E-state index in [1.54, 1.807) is 19.9 Å². The van der Waals surface area contributed by atoms with Crippen molar-refractivity contribution in [2.45, 2.75) is 59.0 Å². The molecule has 0 fully saturated rings. The van der Waals surface area contributed by atoms with Crippen molar-refractivity contribution in [1.29, 1.82) is 0 Å². The molecule has 1 aromatic rings. The second kappa shape index (κ2) is 6.19. The third-order valence-corrected chi connectivity index (χ3v) is 3.29.